The van der Waals surface area contributed by atoms with E-state index in [2.05, 4.69) is 26.1 Å². The van der Waals surface area contributed by atoms with Gasteiger partial charge >= 0.3 is 5.97 Å². The summed E-state index contributed by atoms with van der Waals surface area (Å²) < 4.78 is 4.93. The number of carbonyl (C=O) groups is 2. The Bertz CT molecular complexity index is 224. The van der Waals surface area contributed by atoms with E-state index in [4.69, 9.17) is 4.74 Å². The fourth-order valence-electron chi connectivity index (χ4n) is 1.04. The van der Waals surface area contributed by atoms with Crippen LogP contribution in [0.25, 0.3) is 0 Å². The van der Waals surface area contributed by atoms with Crippen molar-refractivity contribution < 1.29 is 15.8 Å². The maximum absolute atomic E-state index is 11.0. The van der Waals surface area contributed by atoms with Gasteiger partial charge in [0.1, 0.15) is 6.54 Å². The maximum atomic E-state index is 11.0. The fourth-order valence-corrected chi connectivity index (χ4v) is 1.04. The molecule has 0 aromatic rings. The third-order valence-electron chi connectivity index (χ3n) is 1.82. The number of rotatable bonds is 5. The van der Waals surface area contributed by atoms with E-state index in [1.165, 1.54) is 6.92 Å². The predicted octanol–water partition coefficient (Wildman–Crippen LogP) is 1.74. The molecule has 0 radical (unpaired) electrons. The van der Waals surface area contributed by atoms with Crippen LogP contribution in [0.1, 0.15) is 42.0 Å². The van der Waals surface area contributed by atoms with Crippen molar-refractivity contribution in [1.82, 2.24) is 5.32 Å². The number of carbonyl (C=O) groups excluding carboxylic acids is 2. The molecule has 1 N–H and O–H groups in total. The van der Waals surface area contributed by atoms with Crippen molar-refractivity contribution in [2.45, 2.75) is 40.5 Å². The highest BCUT2D eigenvalue weighted by Crippen LogP contribution is 2.20. The molecule has 0 bridgehead atoms. The lowest BCUT2D eigenvalue weighted by Gasteiger charge is -2.17. The summed E-state index contributed by atoms with van der Waals surface area (Å²) in [6.45, 7) is 8.19. The van der Waals surface area contributed by atoms with E-state index in [9.17, 15) is 9.59 Å². The van der Waals surface area contributed by atoms with E-state index >= 15 is 0 Å². The van der Waals surface area contributed by atoms with E-state index in [-0.39, 0.29) is 25.3 Å². The Balaban J connectivity index is 0. The van der Waals surface area contributed by atoms with Gasteiger partial charge in [-0.05, 0) is 18.3 Å². The first kappa shape index (κ1) is 13.9. The van der Waals surface area contributed by atoms with Gasteiger partial charge in [0.15, 0.2) is 0 Å². The van der Waals surface area contributed by atoms with Crippen LogP contribution in [-0.2, 0) is 14.3 Å². The summed E-state index contributed by atoms with van der Waals surface area (Å²) in [5.41, 5.74) is 0.268. The highest BCUT2D eigenvalue weighted by Gasteiger charge is 2.10. The normalized spacial score (nSPS) is 10.9. The molecular formula is C11H23NO3. The zero-order valence-electron chi connectivity index (χ0n) is 10.1. The van der Waals surface area contributed by atoms with Gasteiger partial charge in [0.05, 0.1) is 6.61 Å². The predicted molar refractivity (Wildman–Crippen MR) is 60.4 cm³/mol. The molecule has 0 unspecified atom stereocenters. The second kappa shape index (κ2) is 6.43. The van der Waals surface area contributed by atoms with Crippen LogP contribution in [0.5, 0.6) is 0 Å². The number of esters is 1. The molecular weight excluding hydrogens is 194 g/mol. The highest BCUT2D eigenvalue weighted by molar-refractivity contribution is 5.80. The molecule has 0 aliphatic heterocycles. The summed E-state index contributed by atoms with van der Waals surface area (Å²) in [6, 6.07) is 0. The fraction of sp³-hybridized carbons (Fsp3) is 0.818. The van der Waals surface area contributed by atoms with Crippen LogP contribution >= 0.6 is 0 Å². The minimum atomic E-state index is -0.376. The third kappa shape index (κ3) is 10.9. The van der Waals surface area contributed by atoms with Crippen molar-refractivity contribution in [1.29, 1.82) is 0 Å². The molecule has 0 aromatic carbocycles. The van der Waals surface area contributed by atoms with Crippen molar-refractivity contribution in [3.8, 4) is 0 Å². The first-order valence-corrected chi connectivity index (χ1v) is 5.21. The lowest BCUT2D eigenvalue weighted by atomic mass is 9.91. The lowest BCUT2D eigenvalue weighted by molar-refractivity contribution is -0.144. The standard InChI is InChI=1S/C11H21NO3.H2/c1-9(13)12-8-10(14)15-7-5-6-11(2,3)4;/h5-8H2,1-4H3,(H,12,13);1H. The lowest BCUT2D eigenvalue weighted by Crippen LogP contribution is -2.28. The molecule has 90 valence electrons. The molecule has 0 fully saturated rings. The van der Waals surface area contributed by atoms with Gasteiger partial charge < -0.3 is 10.1 Å². The minimum absolute atomic E-state index is 0. The molecule has 0 heterocycles. The smallest absolute Gasteiger partial charge is 0.325 e. The molecule has 1 amide bonds. The Morgan fingerprint density at radius 1 is 1.33 bits per heavy atom. The summed E-state index contributed by atoms with van der Waals surface area (Å²) in [6.07, 6.45) is 1.87. The van der Waals surface area contributed by atoms with Crippen LogP contribution in [0.15, 0.2) is 0 Å². The highest BCUT2D eigenvalue weighted by atomic mass is 16.5. The topological polar surface area (TPSA) is 55.4 Å². The molecule has 0 saturated carbocycles. The molecule has 0 aliphatic carbocycles. The Kier molecular flexibility index (Phi) is 5.97. The summed E-state index contributed by atoms with van der Waals surface area (Å²) in [5.74, 6) is -0.597. The molecule has 0 aliphatic rings. The van der Waals surface area contributed by atoms with Crippen LogP contribution < -0.4 is 5.32 Å². The Hall–Kier alpha value is -1.06. The van der Waals surface area contributed by atoms with Crippen molar-refractivity contribution in [2.24, 2.45) is 5.41 Å². The Labute approximate surface area is 92.9 Å². The van der Waals surface area contributed by atoms with Gasteiger partial charge in [-0.25, -0.2) is 0 Å². The summed E-state index contributed by atoms with van der Waals surface area (Å²) in [4.78, 5) is 21.5. The van der Waals surface area contributed by atoms with E-state index in [0.717, 1.165) is 12.8 Å². The monoisotopic (exact) mass is 217 g/mol. The molecule has 4 heteroatoms. The number of hydrogen-bond donors (Lipinski definition) is 1. The molecule has 0 spiro atoms. The molecule has 0 saturated heterocycles. The van der Waals surface area contributed by atoms with Crippen LogP contribution in [0.4, 0.5) is 0 Å². The van der Waals surface area contributed by atoms with Crippen molar-refractivity contribution in [2.75, 3.05) is 13.2 Å². The average Bonchev–Trinajstić information content (AvgIpc) is 2.07. The number of hydrogen-bond acceptors (Lipinski definition) is 3. The van der Waals surface area contributed by atoms with Gasteiger partial charge in [-0.1, -0.05) is 20.8 Å². The Morgan fingerprint density at radius 3 is 2.40 bits per heavy atom. The van der Waals surface area contributed by atoms with E-state index in [1.807, 2.05) is 0 Å². The van der Waals surface area contributed by atoms with Crippen molar-refractivity contribution in [3.05, 3.63) is 0 Å². The second-order valence-electron chi connectivity index (χ2n) is 4.79. The van der Waals surface area contributed by atoms with Gasteiger partial charge in [0.25, 0.3) is 0 Å². The molecule has 15 heavy (non-hydrogen) atoms. The number of nitrogens with one attached hydrogen (secondary N) is 1. The number of amides is 1. The van der Waals surface area contributed by atoms with Gasteiger partial charge in [0.2, 0.25) is 5.91 Å². The van der Waals surface area contributed by atoms with Gasteiger partial charge in [-0.3, -0.25) is 9.59 Å². The summed E-state index contributed by atoms with van der Waals surface area (Å²) >= 11 is 0. The maximum Gasteiger partial charge on any atom is 0.325 e. The summed E-state index contributed by atoms with van der Waals surface area (Å²) in [7, 11) is 0. The zero-order valence-corrected chi connectivity index (χ0v) is 10.1. The van der Waals surface area contributed by atoms with Gasteiger partial charge in [-0.15, -0.1) is 0 Å². The average molecular weight is 217 g/mol. The van der Waals surface area contributed by atoms with Crippen LogP contribution in [0.2, 0.25) is 0 Å². The van der Waals surface area contributed by atoms with Crippen LogP contribution in [0, 0.1) is 5.41 Å². The first-order valence-electron chi connectivity index (χ1n) is 5.21. The second-order valence-corrected chi connectivity index (χ2v) is 4.79. The van der Waals surface area contributed by atoms with Crippen LogP contribution in [-0.4, -0.2) is 25.0 Å². The zero-order chi connectivity index (χ0) is 11.9. The van der Waals surface area contributed by atoms with E-state index in [1.54, 1.807) is 0 Å². The van der Waals surface area contributed by atoms with Crippen molar-refractivity contribution >= 4 is 11.9 Å². The van der Waals surface area contributed by atoms with Gasteiger partial charge in [0, 0.05) is 8.35 Å². The van der Waals surface area contributed by atoms with E-state index < -0.39 is 0 Å². The minimum Gasteiger partial charge on any atom is -0.464 e. The number of ether oxygens (including phenoxy) is 1. The molecule has 0 atom stereocenters. The first-order chi connectivity index (χ1) is 6.81. The molecule has 4 nitrogen and oxygen atoms in total. The van der Waals surface area contributed by atoms with Gasteiger partial charge in [-0.2, -0.15) is 0 Å². The summed E-state index contributed by atoms with van der Waals surface area (Å²) in [5, 5.41) is 2.39. The van der Waals surface area contributed by atoms with Crippen molar-refractivity contribution in [3.63, 3.8) is 0 Å². The largest absolute Gasteiger partial charge is 0.464 e. The SMILES string of the molecule is CC(=O)NCC(=O)OCCCC(C)(C)C.[HH]. The quantitative estimate of drug-likeness (QED) is 0.563. The molecule has 0 aromatic heterocycles. The van der Waals surface area contributed by atoms with E-state index in [0.29, 0.717) is 6.61 Å². The van der Waals surface area contributed by atoms with Crippen LogP contribution in [0.3, 0.4) is 0 Å². The molecule has 0 rings (SSSR count). The Morgan fingerprint density at radius 2 is 1.93 bits per heavy atom. The third-order valence-corrected chi connectivity index (χ3v) is 1.82.